The average Bonchev–Trinajstić information content (AvgIpc) is 2.61. The van der Waals surface area contributed by atoms with Gasteiger partial charge in [0.25, 0.3) is 0 Å². The Morgan fingerprint density at radius 3 is 2.63 bits per heavy atom. The number of nitrogens with one attached hydrogen (secondary N) is 3. The first-order valence-electron chi connectivity index (χ1n) is 8.16. The molecule has 0 bridgehead atoms. The minimum absolute atomic E-state index is 0.0180. The highest BCUT2D eigenvalue weighted by molar-refractivity contribution is 6.31. The number of nitrogens with zero attached hydrogens (tertiary/aromatic N) is 1. The van der Waals surface area contributed by atoms with E-state index in [-0.39, 0.29) is 16.9 Å². The van der Waals surface area contributed by atoms with Crippen molar-refractivity contribution in [3.05, 3.63) is 59.1 Å². The van der Waals surface area contributed by atoms with E-state index < -0.39 is 12.8 Å². The van der Waals surface area contributed by atoms with Crippen LogP contribution in [0.3, 0.4) is 0 Å². The third-order valence-corrected chi connectivity index (χ3v) is 3.75. The molecular formula is C18H24ClF3N4O. The molecule has 1 rings (SSSR count). The van der Waals surface area contributed by atoms with Crippen molar-refractivity contribution in [3.63, 3.8) is 0 Å². The van der Waals surface area contributed by atoms with Crippen LogP contribution in [0.4, 0.5) is 13.2 Å². The van der Waals surface area contributed by atoms with Crippen LogP contribution in [-0.4, -0.2) is 37.9 Å². The Kier molecular flexibility index (Phi) is 9.17. The fourth-order valence-corrected chi connectivity index (χ4v) is 2.40. The van der Waals surface area contributed by atoms with Crippen molar-refractivity contribution in [2.45, 2.75) is 25.7 Å². The molecule has 0 saturated heterocycles. The van der Waals surface area contributed by atoms with E-state index in [1.165, 1.54) is 12.3 Å². The molecule has 1 atom stereocenters. The number of hydrogen-bond donors (Lipinski definition) is 3. The summed E-state index contributed by atoms with van der Waals surface area (Å²) in [5, 5.41) is 9.34. The number of aromatic nitrogens is 1. The van der Waals surface area contributed by atoms with E-state index in [1.807, 2.05) is 32.3 Å². The fourth-order valence-electron chi connectivity index (χ4n) is 2.15. The average molecular weight is 405 g/mol. The topological polar surface area (TPSA) is 58.2 Å². The first kappa shape index (κ1) is 22.9. The molecule has 150 valence electrons. The lowest BCUT2D eigenvalue weighted by molar-refractivity contribution is -0.154. The van der Waals surface area contributed by atoms with Crippen LogP contribution in [0.1, 0.15) is 12.5 Å². The quantitative estimate of drug-likeness (QED) is 0.411. The highest BCUT2D eigenvalue weighted by atomic mass is 35.5. The molecule has 1 aromatic rings. The van der Waals surface area contributed by atoms with Crippen LogP contribution in [-0.2, 0) is 6.54 Å². The van der Waals surface area contributed by atoms with Gasteiger partial charge < -0.3 is 20.7 Å². The zero-order valence-corrected chi connectivity index (χ0v) is 16.2. The number of likely N-dealkylation sites (N-methyl/N-ethyl adjacent to an activating group) is 2. The molecule has 1 unspecified atom stereocenters. The van der Waals surface area contributed by atoms with Crippen molar-refractivity contribution in [1.82, 2.24) is 20.9 Å². The van der Waals surface area contributed by atoms with E-state index in [9.17, 15) is 13.2 Å². The molecule has 0 aliphatic carbocycles. The summed E-state index contributed by atoms with van der Waals surface area (Å²) in [6.07, 6.45) is 2.69. The molecule has 3 N–H and O–H groups in total. The number of pyridine rings is 1. The smallest absolute Gasteiger partial charge is 0.422 e. The van der Waals surface area contributed by atoms with Gasteiger partial charge in [0.1, 0.15) is 5.02 Å². The molecule has 27 heavy (non-hydrogen) atoms. The van der Waals surface area contributed by atoms with Crippen molar-refractivity contribution >= 4 is 11.6 Å². The molecule has 9 heteroatoms. The third kappa shape index (κ3) is 7.92. The van der Waals surface area contributed by atoms with E-state index in [4.69, 9.17) is 11.6 Å². The van der Waals surface area contributed by atoms with Gasteiger partial charge in [0, 0.05) is 37.3 Å². The zero-order valence-electron chi connectivity index (χ0n) is 15.5. The maximum atomic E-state index is 12.2. The number of ether oxygens (including phenoxy) is 1. The monoisotopic (exact) mass is 404 g/mol. The Morgan fingerprint density at radius 2 is 2.11 bits per heavy atom. The van der Waals surface area contributed by atoms with Crippen molar-refractivity contribution in [2.24, 2.45) is 0 Å². The summed E-state index contributed by atoms with van der Waals surface area (Å²) in [5.41, 5.74) is 2.34. The van der Waals surface area contributed by atoms with E-state index >= 15 is 0 Å². The van der Waals surface area contributed by atoms with Gasteiger partial charge in [0.2, 0.25) is 5.88 Å². The minimum Gasteiger partial charge on any atom is -0.467 e. The van der Waals surface area contributed by atoms with Crippen LogP contribution in [0.15, 0.2) is 48.5 Å². The normalized spacial score (nSPS) is 13.5. The molecular weight excluding hydrogens is 381 g/mol. The van der Waals surface area contributed by atoms with Gasteiger partial charge in [-0.2, -0.15) is 13.2 Å². The van der Waals surface area contributed by atoms with Crippen LogP contribution in [0.25, 0.3) is 0 Å². The molecule has 0 amide bonds. The van der Waals surface area contributed by atoms with Gasteiger partial charge in [0.15, 0.2) is 6.61 Å². The van der Waals surface area contributed by atoms with Crippen LogP contribution in [0.5, 0.6) is 5.88 Å². The second kappa shape index (κ2) is 10.8. The maximum Gasteiger partial charge on any atom is 0.422 e. The Hall–Kier alpha value is -2.19. The van der Waals surface area contributed by atoms with Crippen molar-refractivity contribution < 1.29 is 17.9 Å². The SMILES string of the molecule is C=C(NC)/C(=C/NCc1cnc(OCC(F)(F)F)c(Cl)c1)C(/C=C\C)NC. The predicted octanol–water partition coefficient (Wildman–Crippen LogP) is 3.55. The third-order valence-electron chi connectivity index (χ3n) is 3.48. The molecule has 0 fully saturated rings. The van der Waals surface area contributed by atoms with Crippen molar-refractivity contribution in [3.8, 4) is 5.88 Å². The van der Waals surface area contributed by atoms with Gasteiger partial charge in [-0.15, -0.1) is 0 Å². The summed E-state index contributed by atoms with van der Waals surface area (Å²) in [7, 11) is 3.62. The number of allylic oxidation sites excluding steroid dienone is 1. The van der Waals surface area contributed by atoms with Gasteiger partial charge >= 0.3 is 6.18 Å². The molecule has 0 spiro atoms. The molecule has 0 aliphatic rings. The summed E-state index contributed by atoms with van der Waals surface area (Å²) in [6.45, 7) is 4.84. The minimum atomic E-state index is -4.45. The highest BCUT2D eigenvalue weighted by Gasteiger charge is 2.29. The molecule has 1 aromatic heterocycles. The summed E-state index contributed by atoms with van der Waals surface area (Å²) >= 11 is 5.95. The van der Waals surface area contributed by atoms with E-state index in [0.717, 1.165) is 11.3 Å². The Morgan fingerprint density at radius 1 is 1.41 bits per heavy atom. The lowest BCUT2D eigenvalue weighted by Gasteiger charge is -2.19. The zero-order chi connectivity index (χ0) is 20.4. The van der Waals surface area contributed by atoms with Gasteiger partial charge in [-0.1, -0.05) is 30.3 Å². The predicted molar refractivity (Wildman–Crippen MR) is 102 cm³/mol. The van der Waals surface area contributed by atoms with E-state index in [0.29, 0.717) is 12.1 Å². The van der Waals surface area contributed by atoms with E-state index in [1.54, 1.807) is 7.05 Å². The second-order valence-corrected chi connectivity index (χ2v) is 5.94. The van der Waals surface area contributed by atoms with Gasteiger partial charge in [-0.25, -0.2) is 4.98 Å². The first-order chi connectivity index (χ1) is 12.7. The van der Waals surface area contributed by atoms with Gasteiger partial charge in [-0.3, -0.25) is 0 Å². The largest absolute Gasteiger partial charge is 0.467 e. The molecule has 0 aromatic carbocycles. The maximum absolute atomic E-state index is 12.2. The second-order valence-electron chi connectivity index (χ2n) is 5.54. The van der Waals surface area contributed by atoms with Crippen LogP contribution in [0.2, 0.25) is 5.02 Å². The van der Waals surface area contributed by atoms with Crippen LogP contribution < -0.4 is 20.7 Å². The highest BCUT2D eigenvalue weighted by Crippen LogP contribution is 2.25. The Bertz CT molecular complexity index is 690. The molecule has 0 aliphatic heterocycles. The lowest BCUT2D eigenvalue weighted by atomic mass is 10.1. The van der Waals surface area contributed by atoms with Crippen molar-refractivity contribution in [2.75, 3.05) is 20.7 Å². The number of rotatable bonds is 10. The Balaban J connectivity index is 2.81. The molecule has 0 radical (unpaired) electrons. The summed E-state index contributed by atoms with van der Waals surface area (Å²) in [5.74, 6) is -0.249. The Labute approximate surface area is 162 Å². The lowest BCUT2D eigenvalue weighted by Crippen LogP contribution is -2.29. The number of halogens is 4. The fraction of sp³-hybridized carbons (Fsp3) is 0.389. The van der Waals surface area contributed by atoms with Crippen LogP contribution >= 0.6 is 11.6 Å². The standard InChI is InChI=1S/C18H24ClF3N4O/c1-5-6-16(24-4)14(12(2)23-3)10-25-8-13-7-15(19)17(26-9-13)27-11-18(20,21)22/h5-7,9-10,16,23-25H,2,8,11H2,1,3-4H3/b6-5-,14-10-. The van der Waals surface area contributed by atoms with E-state index in [2.05, 4.69) is 32.3 Å². The first-order valence-corrected chi connectivity index (χ1v) is 8.54. The van der Waals surface area contributed by atoms with Crippen molar-refractivity contribution in [1.29, 1.82) is 0 Å². The van der Waals surface area contributed by atoms with Crippen LogP contribution in [0, 0.1) is 0 Å². The molecule has 1 heterocycles. The van der Waals surface area contributed by atoms with Gasteiger partial charge in [0.05, 0.1) is 6.04 Å². The summed E-state index contributed by atoms with van der Waals surface area (Å²) in [6, 6.07) is 1.47. The summed E-state index contributed by atoms with van der Waals surface area (Å²) in [4.78, 5) is 3.84. The number of alkyl halides is 3. The summed E-state index contributed by atoms with van der Waals surface area (Å²) < 4.78 is 41.2. The number of hydrogen-bond acceptors (Lipinski definition) is 5. The molecule has 5 nitrogen and oxygen atoms in total. The molecule has 0 saturated carbocycles. The van der Waals surface area contributed by atoms with Gasteiger partial charge in [-0.05, 0) is 25.6 Å².